The zero-order valence-corrected chi connectivity index (χ0v) is 68.1. The van der Waals surface area contributed by atoms with Crippen molar-refractivity contribution in [1.82, 2.24) is 40.0 Å². The molecule has 5 heterocycles. The van der Waals surface area contributed by atoms with Crippen molar-refractivity contribution in [3.05, 3.63) is 156 Å². The zero-order chi connectivity index (χ0) is 75.5. The minimum Gasteiger partial charge on any atom is -0.400 e. The number of nitrogens with one attached hydrogen (secondary N) is 4. The Labute approximate surface area is 635 Å². The van der Waals surface area contributed by atoms with E-state index in [9.17, 15) is 36.0 Å². The molecule has 562 valence electrons. The van der Waals surface area contributed by atoms with Gasteiger partial charge in [-0.05, 0) is 201 Å². The van der Waals surface area contributed by atoms with E-state index in [4.69, 9.17) is 9.31 Å². The van der Waals surface area contributed by atoms with Crippen molar-refractivity contribution in [3.8, 4) is 22.8 Å². The highest BCUT2D eigenvalue weighted by molar-refractivity contribution is 9.10. The molecule has 2 saturated carbocycles. The Hall–Kier alpha value is -6.28. The first kappa shape index (κ1) is 81.8. The fourth-order valence-corrected chi connectivity index (χ4v) is 17.6. The van der Waals surface area contributed by atoms with Gasteiger partial charge >= 0.3 is 7.12 Å². The number of nitrogens with zero attached hydrogens (tertiary/aromatic N) is 4. The molecule has 2 unspecified atom stereocenters. The molecule has 0 spiro atoms. The van der Waals surface area contributed by atoms with Crippen molar-refractivity contribution in [2.24, 2.45) is 35.5 Å². The Morgan fingerprint density at radius 3 is 1.25 bits per heavy atom. The number of allylic oxidation sites excluding steroid dienone is 4. The van der Waals surface area contributed by atoms with Crippen molar-refractivity contribution in [3.63, 3.8) is 0 Å². The molecule has 104 heavy (non-hydrogen) atoms. The van der Waals surface area contributed by atoms with Crippen molar-refractivity contribution >= 4 is 95.0 Å². The Kier molecular flexibility index (Phi) is 27.7. The monoisotopic (exact) mass is 1560 g/mol. The Morgan fingerprint density at radius 1 is 0.529 bits per heavy atom. The topological polar surface area (TPSA) is 255 Å². The van der Waals surface area contributed by atoms with Crippen LogP contribution in [0.3, 0.4) is 0 Å². The van der Waals surface area contributed by atoms with Crippen LogP contribution in [0, 0.1) is 35.5 Å². The molecular formula is C80H108BBrN8O10S4. The number of sulfonamides is 2. The lowest BCUT2D eigenvalue weighted by molar-refractivity contribution is -0.121. The summed E-state index contributed by atoms with van der Waals surface area (Å²) in [5, 5.41) is 5.43. The van der Waals surface area contributed by atoms with E-state index in [2.05, 4.69) is 121 Å². The van der Waals surface area contributed by atoms with Gasteiger partial charge in [0.15, 0.2) is 11.6 Å². The van der Waals surface area contributed by atoms with E-state index in [1.54, 1.807) is 48.8 Å². The number of carbonyl (C=O) groups is 4. The van der Waals surface area contributed by atoms with Gasteiger partial charge in [-0.3, -0.25) is 28.6 Å². The zero-order valence-electron chi connectivity index (χ0n) is 63.2. The fraction of sp³-hybridized carbons (Fsp3) is 0.550. The van der Waals surface area contributed by atoms with E-state index in [1.165, 1.54) is 117 Å². The summed E-state index contributed by atoms with van der Waals surface area (Å²) < 4.78 is 64.1. The van der Waals surface area contributed by atoms with E-state index in [-0.39, 0.29) is 42.0 Å². The van der Waals surface area contributed by atoms with Gasteiger partial charge in [0.05, 0.1) is 37.9 Å². The Balaban J connectivity index is 0.000000192. The summed E-state index contributed by atoms with van der Waals surface area (Å²) in [4.78, 5) is 72.4. The van der Waals surface area contributed by atoms with Crippen molar-refractivity contribution < 1.29 is 45.3 Å². The van der Waals surface area contributed by atoms with Crippen LogP contribution in [-0.4, -0.2) is 103 Å². The average molecular weight is 1560 g/mol. The second kappa shape index (κ2) is 35.2. The van der Waals surface area contributed by atoms with E-state index in [0.717, 1.165) is 109 Å². The first-order valence-corrected chi connectivity index (χ1v) is 43.2. The number of benzene rings is 2. The minimum atomic E-state index is -3.81. The highest BCUT2D eigenvalue weighted by Crippen LogP contribution is 2.45. The minimum absolute atomic E-state index is 0.103. The van der Waals surface area contributed by atoms with E-state index in [1.807, 2.05) is 79.0 Å². The first-order chi connectivity index (χ1) is 48.9. The molecule has 0 radical (unpaired) electrons. The van der Waals surface area contributed by atoms with Crippen LogP contribution in [-0.2, 0) is 62.6 Å². The van der Waals surface area contributed by atoms with Gasteiger partial charge < -0.3 is 19.9 Å². The number of rotatable bonds is 20. The maximum Gasteiger partial charge on any atom is 0.490 e. The normalized spacial score (nSPS) is 21.8. The Morgan fingerprint density at radius 2 is 0.913 bits per heavy atom. The van der Waals surface area contributed by atoms with Crippen LogP contribution in [0.2, 0.25) is 0 Å². The van der Waals surface area contributed by atoms with Crippen molar-refractivity contribution in [2.75, 3.05) is 12.5 Å². The summed E-state index contributed by atoms with van der Waals surface area (Å²) >= 11 is 6.00. The summed E-state index contributed by atoms with van der Waals surface area (Å²) in [5.74, 6) is 4.19. The predicted molar refractivity (Wildman–Crippen MR) is 423 cm³/mol. The summed E-state index contributed by atoms with van der Waals surface area (Å²) in [6.45, 7) is 25.6. The van der Waals surface area contributed by atoms with E-state index < -0.39 is 55.8 Å². The summed E-state index contributed by atoms with van der Waals surface area (Å²) in [7, 11) is -7.72. The van der Waals surface area contributed by atoms with Gasteiger partial charge in [0.1, 0.15) is 12.1 Å². The third-order valence-electron chi connectivity index (χ3n) is 21.7. The lowest BCUT2D eigenvalue weighted by Gasteiger charge is -2.35. The Bertz CT molecular complexity index is 4190. The quantitative estimate of drug-likeness (QED) is 0.0519. The van der Waals surface area contributed by atoms with Crippen LogP contribution >= 0.6 is 38.6 Å². The molecule has 0 bridgehead atoms. The SMILES string of the molecule is CC(C)(C)c1ccc(C(=O)N[C@@H](Cc2ccc(-c3ncc(Br)cn3)cc2)C(=O)NS(C)(=O)=O)s1.CCC1CCC(C2CC=C(B3OC(C)(C)C(C)(C)O3)CC2)CC1.CCC1CCC(C2CC=C(c3cnc(-c4ccc(C[C@H](NC(=O)c5ccc(C(C)(C)C)s5)C(=O)NS(C)(=O)=O)cc4)nc3)CC2)CC1. The van der Waals surface area contributed by atoms with Gasteiger partial charge in [0, 0.05) is 64.1 Å². The summed E-state index contributed by atoms with van der Waals surface area (Å²) in [6.07, 6.45) is 35.3. The molecule has 6 aromatic rings. The fourth-order valence-electron chi connectivity index (χ4n) is 14.5. The van der Waals surface area contributed by atoms with Gasteiger partial charge in [0.2, 0.25) is 20.0 Å². The standard InChI is InChI=1S/C37H48N4O4S2.C23H25BrN4O4S2.C20H35BO2/c1-6-24-7-11-26(12-8-24)27-15-17-28(18-16-27)30-22-38-34(39-23-30)29-13-9-25(10-14-29)21-31(35(42)41-47(5,44)45)40-36(43)32-19-20-33(46-32)37(2,3)4;1-23(2,3)19-10-9-18(33-19)22(30)27-17(21(29)28-34(4,31)32)11-14-5-7-15(8-6-14)20-25-12-16(24)13-26-20;1-6-15-7-9-16(10-8-15)17-11-13-18(14-12-17)21-22-19(2,3)20(4,5)23-21/h9-10,13-14,17,19-20,22-24,26-27,31H,6-8,11-12,15-16,18,21H2,1-5H3,(H,40,43)(H,41,42);5-10,12-13,17H,11H2,1-4H3,(H,27,30)(H,28,29);13,15-17H,6-12,14H2,1-5H3/t24?,26?,27?,31-;17-;/m00./s1. The van der Waals surface area contributed by atoms with Crippen molar-refractivity contribution in [1.29, 1.82) is 0 Å². The lowest BCUT2D eigenvalue weighted by atomic mass is 9.66. The number of carbonyl (C=O) groups excluding carboxylic acids is 4. The predicted octanol–water partition coefficient (Wildman–Crippen LogP) is 16.6. The third-order valence-corrected chi connectivity index (χ3v) is 26.2. The molecule has 4 atom stereocenters. The highest BCUT2D eigenvalue weighted by atomic mass is 79.9. The molecule has 3 fully saturated rings. The third kappa shape index (κ3) is 23.1. The molecule has 1 aliphatic heterocycles. The summed E-state index contributed by atoms with van der Waals surface area (Å²) in [6, 6.07) is 19.7. The molecule has 11 rings (SSSR count). The number of halogens is 1. The number of amides is 4. The second-order valence-corrected chi connectivity index (χ2v) is 38.8. The van der Waals surface area contributed by atoms with Gasteiger partial charge in [-0.25, -0.2) is 36.8 Å². The highest BCUT2D eigenvalue weighted by Gasteiger charge is 2.52. The van der Waals surface area contributed by atoms with Crippen LogP contribution in [0.1, 0.15) is 232 Å². The maximum atomic E-state index is 13.1. The van der Waals surface area contributed by atoms with Crippen LogP contribution in [0.15, 0.2) is 120 Å². The molecule has 5 aliphatic rings. The van der Waals surface area contributed by atoms with Crippen LogP contribution in [0.4, 0.5) is 0 Å². The molecule has 24 heteroatoms. The van der Waals surface area contributed by atoms with Crippen molar-refractivity contribution in [2.45, 2.75) is 233 Å². The van der Waals surface area contributed by atoms with E-state index >= 15 is 0 Å². The van der Waals surface area contributed by atoms with Crippen LogP contribution < -0.4 is 20.1 Å². The number of hydrogen-bond donors (Lipinski definition) is 4. The van der Waals surface area contributed by atoms with Gasteiger partial charge in [-0.1, -0.05) is 155 Å². The molecule has 18 nitrogen and oxygen atoms in total. The van der Waals surface area contributed by atoms with Gasteiger partial charge in [-0.2, -0.15) is 0 Å². The molecule has 1 saturated heterocycles. The molecule has 4 amide bonds. The molecular weight excluding hydrogens is 1450 g/mol. The van der Waals surface area contributed by atoms with E-state index in [0.29, 0.717) is 21.4 Å². The molecule has 4 aliphatic carbocycles. The largest absolute Gasteiger partial charge is 0.490 e. The average Bonchev–Trinajstić information content (AvgIpc) is 1.63. The lowest BCUT2D eigenvalue weighted by Crippen LogP contribution is -2.49. The van der Waals surface area contributed by atoms with Crippen LogP contribution in [0.5, 0.6) is 0 Å². The first-order valence-electron chi connectivity index (χ1n) is 37.0. The van der Waals surface area contributed by atoms with Crippen LogP contribution in [0.25, 0.3) is 28.3 Å². The second-order valence-electron chi connectivity index (χ2n) is 32.2. The van der Waals surface area contributed by atoms with Gasteiger partial charge in [-0.15, -0.1) is 22.7 Å². The number of aromatic nitrogens is 4. The number of hydrogen-bond acceptors (Lipinski definition) is 16. The molecule has 4 N–H and O–H groups in total. The number of thiophene rings is 2. The molecule has 4 aromatic heterocycles. The molecule has 2 aromatic carbocycles. The van der Waals surface area contributed by atoms with Gasteiger partial charge in [0.25, 0.3) is 23.6 Å². The smallest absolute Gasteiger partial charge is 0.400 e. The maximum absolute atomic E-state index is 13.1. The summed E-state index contributed by atoms with van der Waals surface area (Å²) in [5.41, 5.74) is 6.24.